The molecule has 0 spiro atoms. The molecule has 1 aliphatic carbocycles. The molecule has 0 N–H and O–H groups in total. The Morgan fingerprint density at radius 3 is 2.58 bits per heavy atom. The van der Waals surface area contributed by atoms with Crippen molar-refractivity contribution in [3.8, 4) is 0 Å². The highest BCUT2D eigenvalue weighted by atomic mass is 79.9. The summed E-state index contributed by atoms with van der Waals surface area (Å²) >= 11 is 7.08. The van der Waals surface area contributed by atoms with Gasteiger partial charge in [-0.25, -0.2) is 0 Å². The fraction of sp³-hybridized carbons (Fsp3) is 0.400. The van der Waals surface area contributed by atoms with Crippen LogP contribution in [0.25, 0.3) is 0 Å². The van der Waals surface area contributed by atoms with Crippen LogP contribution in [0.3, 0.4) is 0 Å². The third-order valence-electron chi connectivity index (χ3n) is 2.55. The second kappa shape index (κ2) is 3.15. The number of alkyl halides is 1. The lowest BCUT2D eigenvalue weighted by Crippen LogP contribution is -2.07. The van der Waals surface area contributed by atoms with E-state index in [9.17, 15) is 0 Å². The van der Waals surface area contributed by atoms with E-state index in [4.69, 9.17) is 0 Å². The molecule has 0 aliphatic heterocycles. The lowest BCUT2D eigenvalue weighted by Gasteiger charge is -2.11. The minimum Gasteiger partial charge on any atom is -0.0918 e. The zero-order valence-electron chi connectivity index (χ0n) is 6.69. The van der Waals surface area contributed by atoms with Gasteiger partial charge < -0.3 is 0 Å². The zero-order chi connectivity index (χ0) is 8.60. The highest BCUT2D eigenvalue weighted by molar-refractivity contribution is 9.10. The van der Waals surface area contributed by atoms with Gasteiger partial charge >= 0.3 is 0 Å². The number of rotatable bonds is 2. The molecular formula is C10H10Br2. The quantitative estimate of drug-likeness (QED) is 0.725. The highest BCUT2D eigenvalue weighted by Crippen LogP contribution is 2.49. The van der Waals surface area contributed by atoms with Crippen LogP contribution in [-0.2, 0) is 5.41 Å². The van der Waals surface area contributed by atoms with Crippen LogP contribution in [0.1, 0.15) is 18.4 Å². The average Bonchev–Trinajstić information content (AvgIpc) is 2.84. The largest absolute Gasteiger partial charge is 0.0918 e. The van der Waals surface area contributed by atoms with Crippen molar-refractivity contribution in [3.05, 3.63) is 34.3 Å². The second-order valence-electron chi connectivity index (χ2n) is 3.42. The molecule has 0 aromatic heterocycles. The fourth-order valence-corrected chi connectivity index (χ4v) is 2.75. The average molecular weight is 290 g/mol. The van der Waals surface area contributed by atoms with Crippen molar-refractivity contribution in [2.45, 2.75) is 18.3 Å². The molecule has 0 unspecified atom stereocenters. The SMILES string of the molecule is BrCC1(c2cccc(Br)c2)CC1. The standard InChI is InChI=1S/C10H10Br2/c11-7-10(4-5-10)8-2-1-3-9(12)6-8/h1-3,6H,4-5,7H2. The lowest BCUT2D eigenvalue weighted by atomic mass is 9.99. The van der Waals surface area contributed by atoms with E-state index in [2.05, 4.69) is 56.1 Å². The van der Waals surface area contributed by atoms with Gasteiger partial charge in [-0.3, -0.25) is 0 Å². The van der Waals surface area contributed by atoms with Gasteiger partial charge in [0.15, 0.2) is 0 Å². The van der Waals surface area contributed by atoms with Gasteiger partial charge in [-0.05, 0) is 30.5 Å². The first-order chi connectivity index (χ1) is 5.77. The van der Waals surface area contributed by atoms with Crippen molar-refractivity contribution < 1.29 is 0 Å². The van der Waals surface area contributed by atoms with Crippen LogP contribution in [0, 0.1) is 0 Å². The van der Waals surface area contributed by atoms with Crippen molar-refractivity contribution >= 4 is 31.9 Å². The van der Waals surface area contributed by atoms with Gasteiger partial charge in [-0.2, -0.15) is 0 Å². The van der Waals surface area contributed by atoms with Crippen LogP contribution in [0.15, 0.2) is 28.7 Å². The van der Waals surface area contributed by atoms with Crippen LogP contribution < -0.4 is 0 Å². The predicted molar refractivity (Wildman–Crippen MR) is 58.8 cm³/mol. The summed E-state index contributed by atoms with van der Waals surface area (Å²) in [6, 6.07) is 8.64. The molecule has 2 heteroatoms. The molecule has 0 saturated heterocycles. The predicted octanol–water partition coefficient (Wildman–Crippen LogP) is 3.88. The summed E-state index contributed by atoms with van der Waals surface area (Å²) in [5, 5.41) is 1.09. The first-order valence-electron chi connectivity index (χ1n) is 4.09. The zero-order valence-corrected chi connectivity index (χ0v) is 9.86. The van der Waals surface area contributed by atoms with Gasteiger partial charge in [-0.15, -0.1) is 0 Å². The Labute approximate surface area is 89.6 Å². The fourth-order valence-electron chi connectivity index (χ4n) is 1.47. The van der Waals surface area contributed by atoms with Crippen molar-refractivity contribution in [1.29, 1.82) is 0 Å². The highest BCUT2D eigenvalue weighted by Gasteiger charge is 2.42. The summed E-state index contributed by atoms with van der Waals surface area (Å²) in [5.74, 6) is 0. The van der Waals surface area contributed by atoms with E-state index < -0.39 is 0 Å². The summed E-state index contributed by atoms with van der Waals surface area (Å²) in [6.07, 6.45) is 2.66. The molecule has 1 fully saturated rings. The first-order valence-corrected chi connectivity index (χ1v) is 6.00. The molecule has 1 aromatic carbocycles. The van der Waals surface area contributed by atoms with Crippen molar-refractivity contribution in [2.24, 2.45) is 0 Å². The van der Waals surface area contributed by atoms with Crippen LogP contribution in [0.5, 0.6) is 0 Å². The van der Waals surface area contributed by atoms with E-state index in [-0.39, 0.29) is 0 Å². The van der Waals surface area contributed by atoms with Gasteiger partial charge in [0.1, 0.15) is 0 Å². The molecule has 0 radical (unpaired) electrons. The Balaban J connectivity index is 2.34. The molecule has 12 heavy (non-hydrogen) atoms. The lowest BCUT2D eigenvalue weighted by molar-refractivity contribution is 0.808. The normalized spacial score (nSPS) is 19.2. The summed E-state index contributed by atoms with van der Waals surface area (Å²) in [5.41, 5.74) is 1.93. The van der Waals surface area contributed by atoms with Gasteiger partial charge in [0.2, 0.25) is 0 Å². The van der Waals surface area contributed by atoms with E-state index in [0.717, 1.165) is 5.33 Å². The summed E-state index contributed by atoms with van der Waals surface area (Å²) in [4.78, 5) is 0. The molecule has 0 bridgehead atoms. The summed E-state index contributed by atoms with van der Waals surface area (Å²) in [6.45, 7) is 0. The third-order valence-corrected chi connectivity index (χ3v) is 4.11. The monoisotopic (exact) mass is 288 g/mol. The number of hydrogen-bond donors (Lipinski definition) is 0. The molecule has 2 rings (SSSR count). The van der Waals surface area contributed by atoms with E-state index in [0.29, 0.717) is 5.41 Å². The molecule has 0 heterocycles. The molecule has 1 aliphatic rings. The molecule has 64 valence electrons. The molecule has 1 aromatic rings. The van der Waals surface area contributed by atoms with E-state index in [1.807, 2.05) is 0 Å². The summed E-state index contributed by atoms with van der Waals surface area (Å²) < 4.78 is 1.19. The van der Waals surface area contributed by atoms with Crippen molar-refractivity contribution in [3.63, 3.8) is 0 Å². The van der Waals surface area contributed by atoms with E-state index in [1.54, 1.807) is 0 Å². The smallest absolute Gasteiger partial charge is 0.0178 e. The van der Waals surface area contributed by atoms with Gasteiger partial charge in [0.25, 0.3) is 0 Å². The van der Waals surface area contributed by atoms with Crippen LogP contribution in [0.4, 0.5) is 0 Å². The molecule has 0 amide bonds. The Bertz CT molecular complexity index is 290. The van der Waals surface area contributed by atoms with Crippen LogP contribution in [0.2, 0.25) is 0 Å². The summed E-state index contributed by atoms with van der Waals surface area (Å²) in [7, 11) is 0. The minimum atomic E-state index is 0.462. The number of benzene rings is 1. The van der Waals surface area contributed by atoms with Gasteiger partial charge in [-0.1, -0.05) is 44.0 Å². The first kappa shape index (κ1) is 8.76. The maximum absolute atomic E-state index is 3.58. The third kappa shape index (κ3) is 1.47. The molecule has 1 saturated carbocycles. The Hall–Kier alpha value is 0.180. The van der Waals surface area contributed by atoms with E-state index >= 15 is 0 Å². The maximum atomic E-state index is 3.58. The van der Waals surface area contributed by atoms with Gasteiger partial charge in [0, 0.05) is 15.2 Å². The van der Waals surface area contributed by atoms with E-state index in [1.165, 1.54) is 22.9 Å². The second-order valence-corrected chi connectivity index (χ2v) is 4.90. The Morgan fingerprint density at radius 2 is 2.08 bits per heavy atom. The minimum absolute atomic E-state index is 0.462. The molecular weight excluding hydrogens is 280 g/mol. The Kier molecular flexibility index (Phi) is 2.30. The number of hydrogen-bond acceptors (Lipinski definition) is 0. The topological polar surface area (TPSA) is 0 Å². The van der Waals surface area contributed by atoms with Gasteiger partial charge in [0.05, 0.1) is 0 Å². The maximum Gasteiger partial charge on any atom is 0.0178 e. The molecule has 0 atom stereocenters. The van der Waals surface area contributed by atoms with Crippen LogP contribution >= 0.6 is 31.9 Å². The van der Waals surface area contributed by atoms with Crippen molar-refractivity contribution in [2.75, 3.05) is 5.33 Å². The van der Waals surface area contributed by atoms with Crippen LogP contribution in [-0.4, -0.2) is 5.33 Å². The Morgan fingerprint density at radius 1 is 1.33 bits per heavy atom. The number of halogens is 2. The molecule has 0 nitrogen and oxygen atoms in total. The van der Waals surface area contributed by atoms with Crippen molar-refractivity contribution in [1.82, 2.24) is 0 Å².